The second kappa shape index (κ2) is 8.70. The van der Waals surface area contributed by atoms with Gasteiger partial charge in [0.1, 0.15) is 0 Å². The summed E-state index contributed by atoms with van der Waals surface area (Å²) in [7, 11) is -3.73. The number of carbonyl (C=O) groups excluding carboxylic acids is 1. The monoisotopic (exact) mass is 392 g/mol. The lowest BCUT2D eigenvalue weighted by Crippen LogP contribution is -2.29. The summed E-state index contributed by atoms with van der Waals surface area (Å²) in [5.74, 6) is -0.242. The smallest absolute Gasteiger partial charge is 0.241 e. The number of aryl methyl sites for hydroxylation is 1. The zero-order chi connectivity index (χ0) is 19.3. The van der Waals surface area contributed by atoms with Gasteiger partial charge in [-0.3, -0.25) is 4.79 Å². The topological polar surface area (TPSA) is 75.3 Å². The number of hydrogen-bond donors (Lipinski definition) is 2. The van der Waals surface area contributed by atoms with Crippen LogP contribution in [0.25, 0.3) is 0 Å². The number of thioether (sulfide) groups is 1. The van der Waals surface area contributed by atoms with Gasteiger partial charge in [0.15, 0.2) is 0 Å². The maximum absolute atomic E-state index is 12.9. The van der Waals surface area contributed by atoms with Gasteiger partial charge in [-0.05, 0) is 48.9 Å². The predicted molar refractivity (Wildman–Crippen MR) is 107 cm³/mol. The van der Waals surface area contributed by atoms with Crippen molar-refractivity contribution in [1.82, 2.24) is 4.72 Å². The molecule has 1 unspecified atom stereocenters. The van der Waals surface area contributed by atoms with Crippen molar-refractivity contribution in [2.75, 3.05) is 11.6 Å². The molecule has 0 aliphatic rings. The number of sulfonamides is 1. The molecule has 0 fully saturated rings. The second-order valence-electron chi connectivity index (χ2n) is 5.98. The normalized spacial score (nSPS) is 12.6. The number of nitrogens with one attached hydrogen (secondary N) is 2. The van der Waals surface area contributed by atoms with E-state index in [4.69, 9.17) is 0 Å². The van der Waals surface area contributed by atoms with Crippen LogP contribution in [0.5, 0.6) is 0 Å². The summed E-state index contributed by atoms with van der Waals surface area (Å²) < 4.78 is 28.6. The molecule has 0 aliphatic carbocycles. The molecule has 2 aromatic rings. The molecule has 140 valence electrons. The van der Waals surface area contributed by atoms with Crippen molar-refractivity contribution in [2.45, 2.75) is 43.0 Å². The first-order chi connectivity index (χ1) is 12.3. The Balaban J connectivity index is 2.37. The first-order valence-electron chi connectivity index (χ1n) is 8.32. The molecular formula is C19H24N2O3S2. The van der Waals surface area contributed by atoms with Crippen LogP contribution >= 0.6 is 11.8 Å². The summed E-state index contributed by atoms with van der Waals surface area (Å²) in [4.78, 5) is 12.3. The summed E-state index contributed by atoms with van der Waals surface area (Å²) in [5.41, 5.74) is 2.50. The van der Waals surface area contributed by atoms with Crippen LogP contribution in [-0.4, -0.2) is 20.6 Å². The number of benzene rings is 2. The van der Waals surface area contributed by atoms with Gasteiger partial charge in [0.2, 0.25) is 15.9 Å². The van der Waals surface area contributed by atoms with Gasteiger partial charge in [-0.2, -0.15) is 0 Å². The average Bonchev–Trinajstić information content (AvgIpc) is 2.59. The van der Waals surface area contributed by atoms with Crippen molar-refractivity contribution in [3.63, 3.8) is 0 Å². The van der Waals surface area contributed by atoms with Crippen molar-refractivity contribution in [3.05, 3.63) is 53.6 Å². The maximum Gasteiger partial charge on any atom is 0.241 e. The largest absolute Gasteiger partial charge is 0.325 e. The van der Waals surface area contributed by atoms with Crippen molar-refractivity contribution in [1.29, 1.82) is 0 Å². The van der Waals surface area contributed by atoms with Crippen molar-refractivity contribution >= 4 is 33.4 Å². The third-order valence-corrected chi connectivity index (χ3v) is 6.33. The van der Waals surface area contributed by atoms with Gasteiger partial charge in [0.05, 0.1) is 10.6 Å². The highest BCUT2D eigenvalue weighted by atomic mass is 32.2. The molecule has 0 saturated heterocycles. The Hall–Kier alpha value is -1.83. The number of rotatable bonds is 7. The minimum atomic E-state index is -3.73. The molecule has 0 heterocycles. The van der Waals surface area contributed by atoms with Gasteiger partial charge in [0.25, 0.3) is 0 Å². The van der Waals surface area contributed by atoms with E-state index in [2.05, 4.69) is 10.0 Å². The first-order valence-corrected chi connectivity index (χ1v) is 11.0. The highest BCUT2D eigenvalue weighted by Gasteiger charge is 2.22. The zero-order valence-corrected chi connectivity index (χ0v) is 17.0. The van der Waals surface area contributed by atoms with E-state index in [0.717, 1.165) is 16.0 Å². The molecule has 2 N–H and O–H groups in total. The summed E-state index contributed by atoms with van der Waals surface area (Å²) >= 11 is 1.44. The third kappa shape index (κ3) is 4.87. The maximum atomic E-state index is 12.9. The van der Waals surface area contributed by atoms with Crippen molar-refractivity contribution < 1.29 is 13.2 Å². The molecular weight excluding hydrogens is 368 g/mol. The lowest BCUT2D eigenvalue weighted by Gasteiger charge is -2.20. The van der Waals surface area contributed by atoms with E-state index in [9.17, 15) is 13.2 Å². The van der Waals surface area contributed by atoms with Gasteiger partial charge in [0, 0.05) is 17.9 Å². The number of amides is 1. The Bertz CT molecular complexity index is 895. The standard InChI is InChI=1S/C19H24N2O3S2/c1-5-17(16-9-7-6-8-13(16)2)21-26(23,24)15-10-11-19(25-4)18(12-15)20-14(3)22/h6-12,17,21H,5H2,1-4H3,(H,20,22). The summed E-state index contributed by atoms with van der Waals surface area (Å²) in [6.45, 7) is 5.31. The van der Waals surface area contributed by atoms with Crippen LogP contribution < -0.4 is 10.0 Å². The Kier molecular flexibility index (Phi) is 6.86. The Morgan fingerprint density at radius 2 is 1.88 bits per heavy atom. The fourth-order valence-electron chi connectivity index (χ4n) is 2.74. The molecule has 1 amide bonds. The predicted octanol–water partition coefficient (Wildman–Crippen LogP) is 4.10. The van der Waals surface area contributed by atoms with E-state index >= 15 is 0 Å². The van der Waals surface area contributed by atoms with Crippen LogP contribution in [0.4, 0.5) is 5.69 Å². The molecule has 0 aromatic heterocycles. The molecule has 7 heteroatoms. The Labute approximate surface area is 159 Å². The first kappa shape index (κ1) is 20.5. The number of hydrogen-bond acceptors (Lipinski definition) is 4. The Morgan fingerprint density at radius 3 is 2.46 bits per heavy atom. The fourth-order valence-corrected chi connectivity index (χ4v) is 4.60. The van der Waals surface area contributed by atoms with Gasteiger partial charge in [-0.15, -0.1) is 11.8 Å². The highest BCUT2D eigenvalue weighted by Crippen LogP contribution is 2.29. The van der Waals surface area contributed by atoms with E-state index in [1.807, 2.05) is 44.4 Å². The molecule has 0 aliphatic heterocycles. The van der Waals surface area contributed by atoms with Crippen LogP contribution in [0.2, 0.25) is 0 Å². The second-order valence-corrected chi connectivity index (χ2v) is 8.54. The van der Waals surface area contributed by atoms with E-state index in [1.54, 1.807) is 12.1 Å². The van der Waals surface area contributed by atoms with Gasteiger partial charge in [-0.25, -0.2) is 13.1 Å². The quantitative estimate of drug-likeness (QED) is 0.696. The molecule has 5 nitrogen and oxygen atoms in total. The fraction of sp³-hybridized carbons (Fsp3) is 0.316. The van der Waals surface area contributed by atoms with Crippen LogP contribution in [0, 0.1) is 6.92 Å². The van der Waals surface area contributed by atoms with E-state index in [0.29, 0.717) is 12.1 Å². The number of carbonyl (C=O) groups is 1. The van der Waals surface area contributed by atoms with Gasteiger partial charge in [-0.1, -0.05) is 31.2 Å². The summed E-state index contributed by atoms with van der Waals surface area (Å²) in [6, 6.07) is 12.2. The van der Waals surface area contributed by atoms with E-state index < -0.39 is 10.0 Å². The molecule has 0 saturated carbocycles. The van der Waals surface area contributed by atoms with Crippen molar-refractivity contribution in [2.24, 2.45) is 0 Å². The molecule has 2 rings (SSSR count). The van der Waals surface area contributed by atoms with Gasteiger partial charge >= 0.3 is 0 Å². The van der Waals surface area contributed by atoms with Gasteiger partial charge < -0.3 is 5.32 Å². The molecule has 0 bridgehead atoms. The van der Waals surface area contributed by atoms with Crippen LogP contribution in [0.1, 0.15) is 37.4 Å². The van der Waals surface area contributed by atoms with E-state index in [1.165, 1.54) is 24.8 Å². The third-order valence-electron chi connectivity index (χ3n) is 4.06. The highest BCUT2D eigenvalue weighted by molar-refractivity contribution is 7.98. The van der Waals surface area contributed by atoms with Crippen molar-refractivity contribution in [3.8, 4) is 0 Å². The molecule has 0 spiro atoms. The number of anilines is 1. The van der Waals surface area contributed by atoms with Crippen LogP contribution in [0.3, 0.4) is 0 Å². The molecule has 0 radical (unpaired) electrons. The molecule has 26 heavy (non-hydrogen) atoms. The molecule has 1 atom stereocenters. The Morgan fingerprint density at radius 1 is 1.19 bits per heavy atom. The minimum Gasteiger partial charge on any atom is -0.325 e. The summed E-state index contributed by atoms with van der Waals surface area (Å²) in [6.07, 6.45) is 2.50. The lowest BCUT2D eigenvalue weighted by atomic mass is 10.0. The molecule has 2 aromatic carbocycles. The van der Waals surface area contributed by atoms with E-state index in [-0.39, 0.29) is 16.8 Å². The lowest BCUT2D eigenvalue weighted by molar-refractivity contribution is -0.114. The summed E-state index contributed by atoms with van der Waals surface area (Å²) in [5, 5.41) is 2.69. The van der Waals surface area contributed by atoms with Crippen LogP contribution in [0.15, 0.2) is 52.3 Å². The van der Waals surface area contributed by atoms with Crippen LogP contribution in [-0.2, 0) is 14.8 Å². The SMILES string of the molecule is CCC(NS(=O)(=O)c1ccc(SC)c(NC(C)=O)c1)c1ccccc1C. The minimum absolute atomic E-state index is 0.131. The average molecular weight is 393 g/mol. The zero-order valence-electron chi connectivity index (χ0n) is 15.4.